The van der Waals surface area contributed by atoms with Gasteiger partial charge >= 0.3 is 5.97 Å². The number of carboxylic acid groups (broad SMARTS) is 1. The maximum Gasteiger partial charge on any atom is 0.329 e. The fraction of sp³-hybridized carbons (Fsp3) is 0.467. The fourth-order valence-electron chi connectivity index (χ4n) is 2.42. The minimum absolute atomic E-state index is 0.0952. The van der Waals surface area contributed by atoms with E-state index < -0.39 is 11.5 Å². The molecule has 7 heteroatoms. The second kappa shape index (κ2) is 7.19. The minimum Gasteiger partial charge on any atom is -0.480 e. The highest BCUT2D eigenvalue weighted by Gasteiger charge is 2.41. The molecule has 0 bridgehead atoms. The molecule has 1 aliphatic rings. The average molecular weight is 374 g/mol. The predicted octanol–water partition coefficient (Wildman–Crippen LogP) is 2.27. The largest absolute Gasteiger partial charge is 0.480 e. The van der Waals surface area contributed by atoms with Gasteiger partial charge in [-0.15, -0.1) is 0 Å². The van der Waals surface area contributed by atoms with Gasteiger partial charge in [0, 0.05) is 36.9 Å². The van der Waals surface area contributed by atoms with E-state index in [9.17, 15) is 19.1 Å². The first-order valence-electron chi connectivity index (χ1n) is 6.99. The van der Waals surface area contributed by atoms with Gasteiger partial charge in [-0.2, -0.15) is 0 Å². The number of hydrogen-bond acceptors (Lipinski definition) is 3. The van der Waals surface area contributed by atoms with Crippen LogP contribution in [0.4, 0.5) is 4.39 Å². The molecule has 0 aliphatic carbocycles. The van der Waals surface area contributed by atoms with Gasteiger partial charge in [0.25, 0.3) is 0 Å². The third kappa shape index (κ3) is 4.04. The molecule has 0 atom stereocenters. The Labute approximate surface area is 136 Å². The lowest BCUT2D eigenvalue weighted by atomic mass is 9.90. The third-order valence-electron chi connectivity index (χ3n) is 3.76. The molecule has 0 radical (unpaired) electrons. The molecule has 22 heavy (non-hydrogen) atoms. The number of benzene rings is 1. The number of aliphatic carboxylic acids is 1. The second-order valence-corrected chi connectivity index (χ2v) is 6.14. The van der Waals surface area contributed by atoms with Crippen LogP contribution < -0.4 is 5.32 Å². The van der Waals surface area contributed by atoms with Crippen molar-refractivity contribution < 1.29 is 23.8 Å². The second-order valence-electron chi connectivity index (χ2n) is 5.28. The number of rotatable bonds is 5. The highest BCUT2D eigenvalue weighted by Crippen LogP contribution is 2.22. The molecule has 0 unspecified atom stereocenters. The van der Waals surface area contributed by atoms with Gasteiger partial charge in [0.1, 0.15) is 11.4 Å². The monoisotopic (exact) mass is 373 g/mol. The fourth-order valence-corrected chi connectivity index (χ4v) is 2.87. The van der Waals surface area contributed by atoms with Crippen LogP contribution >= 0.6 is 15.9 Å². The Bertz CT molecular complexity index is 573. The summed E-state index contributed by atoms with van der Waals surface area (Å²) in [5.74, 6) is -1.78. The highest BCUT2D eigenvalue weighted by molar-refractivity contribution is 9.10. The molecule has 1 aromatic carbocycles. The van der Waals surface area contributed by atoms with Gasteiger partial charge in [0.2, 0.25) is 5.91 Å². The molecule has 1 aliphatic heterocycles. The summed E-state index contributed by atoms with van der Waals surface area (Å²) in [7, 11) is 0. The number of ether oxygens (including phenoxy) is 1. The van der Waals surface area contributed by atoms with Crippen molar-refractivity contribution in [2.45, 2.75) is 31.2 Å². The van der Waals surface area contributed by atoms with Crippen molar-refractivity contribution in [1.82, 2.24) is 5.32 Å². The van der Waals surface area contributed by atoms with Crippen LogP contribution in [0.15, 0.2) is 22.7 Å². The Morgan fingerprint density at radius 1 is 1.36 bits per heavy atom. The van der Waals surface area contributed by atoms with E-state index >= 15 is 0 Å². The van der Waals surface area contributed by atoms with Gasteiger partial charge in [0.15, 0.2) is 0 Å². The number of amides is 1. The van der Waals surface area contributed by atoms with E-state index in [1.807, 2.05) is 0 Å². The molecule has 2 rings (SSSR count). The molecule has 0 spiro atoms. The summed E-state index contributed by atoms with van der Waals surface area (Å²) in [6.45, 7) is 0.615. The van der Waals surface area contributed by atoms with Gasteiger partial charge in [0.05, 0.1) is 0 Å². The summed E-state index contributed by atoms with van der Waals surface area (Å²) in [4.78, 5) is 23.5. The molecule has 1 heterocycles. The maximum absolute atomic E-state index is 13.2. The molecule has 2 N–H and O–H groups in total. The van der Waals surface area contributed by atoms with Crippen LogP contribution in [-0.2, 0) is 20.7 Å². The number of carbonyl (C=O) groups is 2. The van der Waals surface area contributed by atoms with Gasteiger partial charge in [-0.1, -0.05) is 15.9 Å². The van der Waals surface area contributed by atoms with Crippen molar-refractivity contribution in [2.24, 2.45) is 0 Å². The summed E-state index contributed by atoms with van der Waals surface area (Å²) >= 11 is 3.30. The van der Waals surface area contributed by atoms with E-state index in [1.165, 1.54) is 12.1 Å². The Kier molecular flexibility index (Phi) is 5.52. The highest BCUT2D eigenvalue weighted by atomic mass is 79.9. The summed E-state index contributed by atoms with van der Waals surface area (Å²) in [6.07, 6.45) is 0.920. The number of nitrogens with one attached hydrogen (secondary N) is 1. The summed E-state index contributed by atoms with van der Waals surface area (Å²) in [6, 6.07) is 4.27. The number of halogens is 2. The van der Waals surface area contributed by atoms with E-state index in [-0.39, 0.29) is 31.0 Å². The number of hydrogen-bond donors (Lipinski definition) is 2. The van der Waals surface area contributed by atoms with Crippen molar-refractivity contribution >= 4 is 27.8 Å². The first kappa shape index (κ1) is 16.9. The number of aryl methyl sites for hydroxylation is 1. The van der Waals surface area contributed by atoms with Crippen LogP contribution in [0.1, 0.15) is 24.8 Å². The lowest BCUT2D eigenvalue weighted by molar-refractivity contribution is -0.152. The molecular formula is C15H17BrFNO4. The van der Waals surface area contributed by atoms with Gasteiger partial charge in [-0.3, -0.25) is 4.79 Å². The summed E-state index contributed by atoms with van der Waals surface area (Å²) in [5, 5.41) is 12.0. The normalized spacial score (nSPS) is 17.0. The van der Waals surface area contributed by atoms with E-state index in [4.69, 9.17) is 4.74 Å². The van der Waals surface area contributed by atoms with Crippen LogP contribution in [-0.4, -0.2) is 35.7 Å². The molecule has 1 fully saturated rings. The number of carbonyl (C=O) groups excluding carboxylic acids is 1. The van der Waals surface area contributed by atoms with Crippen LogP contribution in [0, 0.1) is 5.82 Å². The van der Waals surface area contributed by atoms with Gasteiger partial charge in [-0.05, 0) is 30.2 Å². The summed E-state index contributed by atoms with van der Waals surface area (Å²) < 4.78 is 19.1. The molecule has 1 saturated heterocycles. The Morgan fingerprint density at radius 3 is 2.68 bits per heavy atom. The molecule has 0 saturated carbocycles. The quantitative estimate of drug-likeness (QED) is 0.829. The van der Waals surface area contributed by atoms with Gasteiger partial charge in [-0.25, -0.2) is 9.18 Å². The molecule has 1 aromatic rings. The van der Waals surface area contributed by atoms with Crippen LogP contribution in [0.25, 0.3) is 0 Å². The van der Waals surface area contributed by atoms with Crippen LogP contribution in [0.2, 0.25) is 0 Å². The zero-order valence-electron chi connectivity index (χ0n) is 11.9. The Hall–Kier alpha value is -1.47. The first-order chi connectivity index (χ1) is 10.4. The standard InChI is InChI=1S/C15H17BrFNO4/c16-12-3-2-11(17)9-10(12)1-4-13(19)18-15(14(20)21)5-7-22-8-6-15/h2-3,9H,1,4-8H2,(H,18,19)(H,20,21). The third-order valence-corrected chi connectivity index (χ3v) is 4.54. The van der Waals surface area contributed by atoms with Crippen molar-refractivity contribution in [3.8, 4) is 0 Å². The van der Waals surface area contributed by atoms with E-state index in [0.29, 0.717) is 25.2 Å². The minimum atomic E-state index is -1.26. The van der Waals surface area contributed by atoms with E-state index in [2.05, 4.69) is 21.2 Å². The Balaban J connectivity index is 1.97. The zero-order chi connectivity index (χ0) is 16.2. The van der Waals surface area contributed by atoms with E-state index in [0.717, 1.165) is 4.47 Å². The first-order valence-corrected chi connectivity index (χ1v) is 7.78. The van der Waals surface area contributed by atoms with Crippen molar-refractivity contribution in [3.05, 3.63) is 34.1 Å². The topological polar surface area (TPSA) is 75.6 Å². The van der Waals surface area contributed by atoms with Crippen molar-refractivity contribution in [2.75, 3.05) is 13.2 Å². The van der Waals surface area contributed by atoms with Crippen molar-refractivity contribution in [3.63, 3.8) is 0 Å². The lowest BCUT2D eigenvalue weighted by Gasteiger charge is -2.33. The van der Waals surface area contributed by atoms with Crippen LogP contribution in [0.5, 0.6) is 0 Å². The molecule has 1 amide bonds. The lowest BCUT2D eigenvalue weighted by Crippen LogP contribution is -2.57. The zero-order valence-corrected chi connectivity index (χ0v) is 13.5. The van der Waals surface area contributed by atoms with E-state index in [1.54, 1.807) is 6.07 Å². The van der Waals surface area contributed by atoms with Crippen molar-refractivity contribution in [1.29, 1.82) is 0 Å². The maximum atomic E-state index is 13.2. The molecule has 120 valence electrons. The summed E-state index contributed by atoms with van der Waals surface area (Å²) in [5.41, 5.74) is -0.583. The molecule has 5 nitrogen and oxygen atoms in total. The molecule has 0 aromatic heterocycles. The predicted molar refractivity (Wildman–Crippen MR) is 81.0 cm³/mol. The molecular weight excluding hydrogens is 357 g/mol. The smallest absolute Gasteiger partial charge is 0.329 e. The van der Waals surface area contributed by atoms with Gasteiger partial charge < -0.3 is 15.2 Å². The average Bonchev–Trinajstić information content (AvgIpc) is 2.49. The van der Waals surface area contributed by atoms with Crippen LogP contribution in [0.3, 0.4) is 0 Å². The Morgan fingerprint density at radius 2 is 2.05 bits per heavy atom. The SMILES string of the molecule is O=C(CCc1cc(F)ccc1Br)NC1(C(=O)O)CCOCC1. The number of carboxylic acids is 1.